The van der Waals surface area contributed by atoms with Crippen LogP contribution in [0.5, 0.6) is 0 Å². The molecule has 1 heterocycles. The molecule has 0 aliphatic rings. The van der Waals surface area contributed by atoms with Crippen LogP contribution in [0.25, 0.3) is 0 Å². The van der Waals surface area contributed by atoms with Gasteiger partial charge in [-0.1, -0.05) is 0 Å². The largest absolute Gasteiger partial charge is 0.359 e. The Morgan fingerprint density at radius 2 is 2.43 bits per heavy atom. The molecule has 0 unspecified atom stereocenters. The average molecular weight is 213 g/mol. The third kappa shape index (κ3) is 3.85. The molecule has 0 aliphatic heterocycles. The first kappa shape index (κ1) is 11.1. The molecule has 0 radical (unpaired) electrons. The Morgan fingerprint density at radius 3 is 3.00 bits per heavy atom. The van der Waals surface area contributed by atoms with E-state index in [2.05, 4.69) is 15.6 Å². The monoisotopic (exact) mass is 213 g/mol. The number of carbonyl (C=O) groups is 1. The van der Waals surface area contributed by atoms with Crippen molar-refractivity contribution in [3.8, 4) is 0 Å². The summed E-state index contributed by atoms with van der Waals surface area (Å²) in [7, 11) is 1.65. The molecule has 78 valence electrons. The molecule has 0 bridgehead atoms. The van der Waals surface area contributed by atoms with E-state index in [1.807, 2.05) is 12.3 Å². The zero-order valence-electron chi connectivity index (χ0n) is 8.46. The van der Waals surface area contributed by atoms with E-state index < -0.39 is 0 Å². The van der Waals surface area contributed by atoms with Gasteiger partial charge in [0.2, 0.25) is 5.91 Å². The number of nitrogens with zero attached hydrogens (tertiary/aromatic N) is 1. The third-order valence-corrected chi connectivity index (χ3v) is 2.72. The molecule has 0 aromatic carbocycles. The Balaban J connectivity index is 2.13. The van der Waals surface area contributed by atoms with Crippen molar-refractivity contribution in [2.45, 2.75) is 19.9 Å². The van der Waals surface area contributed by atoms with Gasteiger partial charge in [-0.2, -0.15) is 0 Å². The summed E-state index contributed by atoms with van der Waals surface area (Å²) in [5.74, 6) is 0.0628. The first-order chi connectivity index (χ1) is 6.72. The molecule has 1 rings (SSSR count). The van der Waals surface area contributed by atoms with E-state index in [-0.39, 0.29) is 5.91 Å². The maximum Gasteiger partial charge on any atom is 0.221 e. The quantitative estimate of drug-likeness (QED) is 0.707. The summed E-state index contributed by atoms with van der Waals surface area (Å²) in [5, 5.41) is 8.84. The minimum atomic E-state index is 0.0628. The number of hydrogen-bond acceptors (Lipinski definition) is 4. The average Bonchev–Trinajstić information content (AvgIpc) is 2.58. The molecule has 2 N–H and O–H groups in total. The Kier molecular flexibility index (Phi) is 4.55. The van der Waals surface area contributed by atoms with Crippen LogP contribution < -0.4 is 10.6 Å². The number of nitrogens with one attached hydrogen (secondary N) is 2. The van der Waals surface area contributed by atoms with Crippen LogP contribution in [0.3, 0.4) is 0 Å². The number of amides is 1. The number of carbonyl (C=O) groups excluding carboxylic acids is 1. The fourth-order valence-corrected chi connectivity index (χ4v) is 1.75. The van der Waals surface area contributed by atoms with Gasteiger partial charge < -0.3 is 10.6 Å². The maximum absolute atomic E-state index is 10.9. The van der Waals surface area contributed by atoms with Gasteiger partial charge in [-0.25, -0.2) is 4.98 Å². The van der Waals surface area contributed by atoms with E-state index in [9.17, 15) is 4.79 Å². The molecule has 0 saturated heterocycles. The normalized spacial score (nSPS) is 10.1. The molecule has 4 nitrogen and oxygen atoms in total. The van der Waals surface area contributed by atoms with Crippen molar-refractivity contribution in [3.63, 3.8) is 0 Å². The molecule has 0 atom stereocenters. The molecule has 1 amide bonds. The summed E-state index contributed by atoms with van der Waals surface area (Å²) in [4.78, 5) is 15.2. The Labute approximate surface area is 87.7 Å². The van der Waals surface area contributed by atoms with Crippen molar-refractivity contribution in [2.75, 3.05) is 13.6 Å². The van der Waals surface area contributed by atoms with E-state index in [0.29, 0.717) is 13.0 Å². The standard InChI is InChI=1S/C9H15N3OS/c1-7-6-14-9(12-7)5-11-4-3-8(13)10-2/h6,11H,3-5H2,1-2H3,(H,10,13). The molecule has 1 aromatic heterocycles. The number of aryl methyl sites for hydroxylation is 1. The molecule has 14 heavy (non-hydrogen) atoms. The Morgan fingerprint density at radius 1 is 1.64 bits per heavy atom. The van der Waals surface area contributed by atoms with Crippen molar-refractivity contribution >= 4 is 17.2 Å². The van der Waals surface area contributed by atoms with E-state index >= 15 is 0 Å². The first-order valence-electron chi connectivity index (χ1n) is 4.54. The van der Waals surface area contributed by atoms with Gasteiger partial charge in [0.1, 0.15) is 5.01 Å². The van der Waals surface area contributed by atoms with Crippen LogP contribution in [0.1, 0.15) is 17.1 Å². The SMILES string of the molecule is CNC(=O)CCNCc1nc(C)cs1. The Hall–Kier alpha value is -0.940. The molecular weight excluding hydrogens is 198 g/mol. The van der Waals surface area contributed by atoms with Crippen LogP contribution in [0.4, 0.5) is 0 Å². The lowest BCUT2D eigenvalue weighted by molar-refractivity contribution is -0.120. The van der Waals surface area contributed by atoms with E-state index in [1.54, 1.807) is 18.4 Å². The molecule has 0 saturated carbocycles. The molecule has 0 fully saturated rings. The van der Waals surface area contributed by atoms with Gasteiger partial charge in [0.15, 0.2) is 0 Å². The lowest BCUT2D eigenvalue weighted by Gasteiger charge is -2.01. The van der Waals surface area contributed by atoms with Gasteiger partial charge in [-0.15, -0.1) is 11.3 Å². The summed E-state index contributed by atoms with van der Waals surface area (Å²) in [5.41, 5.74) is 1.05. The molecule has 5 heteroatoms. The predicted octanol–water partition coefficient (Wildman–Crippen LogP) is 0.677. The summed E-state index contributed by atoms with van der Waals surface area (Å²) in [6.45, 7) is 3.42. The maximum atomic E-state index is 10.9. The molecule has 0 aliphatic carbocycles. The molecule has 0 spiro atoms. The fourth-order valence-electron chi connectivity index (χ4n) is 1.01. The van der Waals surface area contributed by atoms with Crippen LogP contribution in [0.15, 0.2) is 5.38 Å². The second-order valence-electron chi connectivity index (χ2n) is 2.98. The van der Waals surface area contributed by atoms with E-state index in [0.717, 1.165) is 17.2 Å². The van der Waals surface area contributed by atoms with Gasteiger partial charge in [0, 0.05) is 37.6 Å². The van der Waals surface area contributed by atoms with E-state index in [1.165, 1.54) is 0 Å². The van der Waals surface area contributed by atoms with Crippen molar-refractivity contribution < 1.29 is 4.79 Å². The number of aromatic nitrogens is 1. The molecular formula is C9H15N3OS. The van der Waals surface area contributed by atoms with Gasteiger partial charge in [-0.3, -0.25) is 4.79 Å². The Bertz CT molecular complexity index is 298. The summed E-state index contributed by atoms with van der Waals surface area (Å²) >= 11 is 1.64. The van der Waals surface area contributed by atoms with Gasteiger partial charge in [0.25, 0.3) is 0 Å². The van der Waals surface area contributed by atoms with Crippen LogP contribution >= 0.6 is 11.3 Å². The zero-order chi connectivity index (χ0) is 10.4. The first-order valence-corrected chi connectivity index (χ1v) is 5.42. The van der Waals surface area contributed by atoms with Crippen molar-refractivity contribution in [2.24, 2.45) is 0 Å². The lowest BCUT2D eigenvalue weighted by atomic mass is 10.4. The van der Waals surface area contributed by atoms with E-state index in [4.69, 9.17) is 0 Å². The third-order valence-electron chi connectivity index (χ3n) is 1.75. The predicted molar refractivity (Wildman–Crippen MR) is 57.2 cm³/mol. The second-order valence-corrected chi connectivity index (χ2v) is 3.93. The highest BCUT2D eigenvalue weighted by atomic mass is 32.1. The second kappa shape index (κ2) is 5.72. The molecule has 1 aromatic rings. The zero-order valence-corrected chi connectivity index (χ0v) is 9.28. The number of rotatable bonds is 5. The van der Waals surface area contributed by atoms with Gasteiger partial charge >= 0.3 is 0 Å². The van der Waals surface area contributed by atoms with Crippen LogP contribution in [0.2, 0.25) is 0 Å². The number of hydrogen-bond donors (Lipinski definition) is 2. The van der Waals surface area contributed by atoms with Gasteiger partial charge in [0.05, 0.1) is 0 Å². The minimum absolute atomic E-state index is 0.0628. The highest BCUT2D eigenvalue weighted by Gasteiger charge is 1.99. The summed E-state index contributed by atoms with van der Waals surface area (Å²) < 4.78 is 0. The van der Waals surface area contributed by atoms with Crippen LogP contribution in [-0.4, -0.2) is 24.5 Å². The van der Waals surface area contributed by atoms with Crippen molar-refractivity contribution in [1.82, 2.24) is 15.6 Å². The highest BCUT2D eigenvalue weighted by Crippen LogP contribution is 2.07. The van der Waals surface area contributed by atoms with Gasteiger partial charge in [-0.05, 0) is 6.92 Å². The van der Waals surface area contributed by atoms with Crippen LogP contribution in [-0.2, 0) is 11.3 Å². The smallest absolute Gasteiger partial charge is 0.221 e. The highest BCUT2D eigenvalue weighted by molar-refractivity contribution is 7.09. The summed E-state index contributed by atoms with van der Waals surface area (Å²) in [6, 6.07) is 0. The number of thiazole rings is 1. The lowest BCUT2D eigenvalue weighted by Crippen LogP contribution is -2.24. The minimum Gasteiger partial charge on any atom is -0.359 e. The topological polar surface area (TPSA) is 54.0 Å². The van der Waals surface area contributed by atoms with Crippen LogP contribution in [0, 0.1) is 6.92 Å². The van der Waals surface area contributed by atoms with Crippen molar-refractivity contribution in [3.05, 3.63) is 16.1 Å². The van der Waals surface area contributed by atoms with Crippen molar-refractivity contribution in [1.29, 1.82) is 0 Å². The summed E-state index contributed by atoms with van der Waals surface area (Å²) in [6.07, 6.45) is 0.515. The fraction of sp³-hybridized carbons (Fsp3) is 0.556.